The van der Waals surface area contributed by atoms with Gasteiger partial charge in [0.25, 0.3) is 5.91 Å². The van der Waals surface area contributed by atoms with Crippen molar-refractivity contribution in [3.8, 4) is 0 Å². The van der Waals surface area contributed by atoms with Crippen molar-refractivity contribution in [2.75, 3.05) is 38.0 Å². The molecule has 36 heavy (non-hydrogen) atoms. The maximum atomic E-state index is 12.9. The first-order valence-corrected chi connectivity index (χ1v) is 13.0. The van der Waals surface area contributed by atoms with Gasteiger partial charge in [-0.3, -0.25) is 24.3 Å². The predicted octanol–water partition coefficient (Wildman–Crippen LogP) is 3.20. The molecule has 5 rings (SSSR count). The van der Waals surface area contributed by atoms with Crippen LogP contribution in [0.25, 0.3) is 0 Å². The molecule has 3 fully saturated rings. The Morgan fingerprint density at radius 1 is 0.806 bits per heavy atom. The van der Waals surface area contributed by atoms with Crippen molar-refractivity contribution in [2.45, 2.75) is 50.7 Å². The maximum Gasteiger partial charge on any atom is 0.325 e. The monoisotopic (exact) mass is 489 g/mol. The Morgan fingerprint density at radius 3 is 2.00 bits per heavy atom. The van der Waals surface area contributed by atoms with Gasteiger partial charge in [-0.05, 0) is 36.1 Å². The molecule has 8 heteroatoms. The third kappa shape index (κ3) is 5.60. The van der Waals surface area contributed by atoms with Gasteiger partial charge in [0.1, 0.15) is 12.1 Å². The van der Waals surface area contributed by atoms with Crippen LogP contribution in [0.1, 0.15) is 43.2 Å². The van der Waals surface area contributed by atoms with Gasteiger partial charge in [-0.25, -0.2) is 4.79 Å². The van der Waals surface area contributed by atoms with Crippen LogP contribution in [0.4, 0.5) is 10.5 Å². The van der Waals surface area contributed by atoms with Crippen LogP contribution >= 0.6 is 0 Å². The van der Waals surface area contributed by atoms with E-state index in [-0.39, 0.29) is 18.4 Å². The highest BCUT2D eigenvalue weighted by molar-refractivity contribution is 6.10. The molecule has 1 aliphatic carbocycles. The van der Waals surface area contributed by atoms with E-state index in [0.717, 1.165) is 63.4 Å². The summed E-state index contributed by atoms with van der Waals surface area (Å²) in [4.78, 5) is 43.9. The van der Waals surface area contributed by atoms with Crippen molar-refractivity contribution in [3.05, 3.63) is 65.7 Å². The summed E-state index contributed by atoms with van der Waals surface area (Å²) in [7, 11) is 0. The lowest BCUT2D eigenvalue weighted by Gasteiger charge is -2.34. The number of benzene rings is 2. The number of anilines is 1. The summed E-state index contributed by atoms with van der Waals surface area (Å²) in [6, 6.07) is 17.9. The van der Waals surface area contributed by atoms with Gasteiger partial charge in [0.05, 0.1) is 0 Å². The fourth-order valence-electron chi connectivity index (χ4n) is 5.56. The summed E-state index contributed by atoms with van der Waals surface area (Å²) in [5.41, 5.74) is 2.41. The van der Waals surface area contributed by atoms with Crippen LogP contribution < -0.4 is 10.6 Å². The molecule has 8 nitrogen and oxygen atoms in total. The third-order valence-corrected chi connectivity index (χ3v) is 7.61. The number of rotatable bonds is 7. The Labute approximate surface area is 212 Å². The maximum absolute atomic E-state index is 12.9. The number of urea groups is 1. The summed E-state index contributed by atoms with van der Waals surface area (Å²) >= 11 is 0. The van der Waals surface area contributed by atoms with Crippen LogP contribution in [0, 0.1) is 0 Å². The summed E-state index contributed by atoms with van der Waals surface area (Å²) in [5, 5.41) is 5.68. The van der Waals surface area contributed by atoms with Crippen molar-refractivity contribution >= 4 is 23.5 Å². The average molecular weight is 490 g/mol. The molecule has 2 aromatic carbocycles. The molecule has 2 aliphatic heterocycles. The Kier molecular flexibility index (Phi) is 7.34. The second-order valence-corrected chi connectivity index (χ2v) is 10.2. The third-order valence-electron chi connectivity index (χ3n) is 7.61. The second kappa shape index (κ2) is 10.8. The lowest BCUT2D eigenvalue weighted by Crippen LogP contribution is -2.48. The molecule has 2 saturated heterocycles. The molecule has 0 atom stereocenters. The van der Waals surface area contributed by atoms with Gasteiger partial charge in [-0.1, -0.05) is 61.7 Å². The van der Waals surface area contributed by atoms with Crippen LogP contribution in [0.5, 0.6) is 0 Å². The number of carbonyl (C=O) groups excluding carboxylic acids is 3. The zero-order chi connectivity index (χ0) is 25.0. The average Bonchev–Trinajstić information content (AvgIpc) is 3.11. The van der Waals surface area contributed by atoms with E-state index in [9.17, 15) is 14.4 Å². The normalized spacial score (nSPS) is 20.5. The van der Waals surface area contributed by atoms with Crippen molar-refractivity contribution in [3.63, 3.8) is 0 Å². The van der Waals surface area contributed by atoms with Gasteiger partial charge in [-0.2, -0.15) is 0 Å². The standard InChI is InChI=1S/C28H35N5O3/c34-25(21-33-26(35)28(30-27(33)36)13-5-2-6-14-28)29-24-11-9-23(10-12-24)20-32-17-15-31(16-18-32)19-22-7-3-1-4-8-22/h1,3-4,7-12H,2,5-6,13-21H2,(H,29,34)(H,30,36). The van der Waals surface area contributed by atoms with E-state index in [0.29, 0.717) is 18.5 Å². The van der Waals surface area contributed by atoms with E-state index in [1.165, 1.54) is 11.1 Å². The summed E-state index contributed by atoms with van der Waals surface area (Å²) in [6.07, 6.45) is 4.22. The van der Waals surface area contributed by atoms with E-state index < -0.39 is 11.6 Å². The first-order valence-electron chi connectivity index (χ1n) is 13.0. The molecule has 0 unspecified atom stereocenters. The second-order valence-electron chi connectivity index (χ2n) is 10.2. The molecule has 4 amide bonds. The molecule has 190 valence electrons. The van der Waals surface area contributed by atoms with E-state index in [4.69, 9.17) is 0 Å². The number of imide groups is 1. The molecule has 1 saturated carbocycles. The summed E-state index contributed by atoms with van der Waals surface area (Å²) < 4.78 is 0. The SMILES string of the molecule is O=C(CN1C(=O)NC2(CCCCC2)C1=O)Nc1ccc(CN2CCN(Cc3ccccc3)CC2)cc1. The first kappa shape index (κ1) is 24.5. The molecule has 3 aliphatic rings. The Hall–Kier alpha value is -3.23. The molecule has 1 spiro atoms. The van der Waals surface area contributed by atoms with Crippen LogP contribution in [0.15, 0.2) is 54.6 Å². The zero-order valence-electron chi connectivity index (χ0n) is 20.7. The van der Waals surface area contributed by atoms with E-state index in [1.807, 2.05) is 24.3 Å². The van der Waals surface area contributed by atoms with Gasteiger partial charge < -0.3 is 10.6 Å². The molecule has 0 radical (unpaired) electrons. The smallest absolute Gasteiger partial charge is 0.325 e. The number of amides is 4. The number of nitrogens with one attached hydrogen (secondary N) is 2. The minimum Gasteiger partial charge on any atom is -0.325 e. The lowest BCUT2D eigenvalue weighted by molar-refractivity contribution is -0.134. The molecular formula is C28H35N5O3. The van der Waals surface area contributed by atoms with Crippen LogP contribution in [-0.4, -0.2) is 70.8 Å². The van der Waals surface area contributed by atoms with Crippen molar-refractivity contribution < 1.29 is 14.4 Å². The van der Waals surface area contributed by atoms with E-state index in [2.05, 4.69) is 50.8 Å². The van der Waals surface area contributed by atoms with Crippen LogP contribution in [0.3, 0.4) is 0 Å². The predicted molar refractivity (Wildman–Crippen MR) is 138 cm³/mol. The minimum absolute atomic E-state index is 0.262. The minimum atomic E-state index is -0.801. The van der Waals surface area contributed by atoms with Gasteiger partial charge in [0, 0.05) is 45.0 Å². The molecule has 2 aromatic rings. The highest BCUT2D eigenvalue weighted by Crippen LogP contribution is 2.33. The number of carbonyl (C=O) groups is 3. The van der Waals surface area contributed by atoms with Crippen molar-refractivity contribution in [1.29, 1.82) is 0 Å². The number of nitrogens with zero attached hydrogens (tertiary/aromatic N) is 3. The highest BCUT2D eigenvalue weighted by atomic mass is 16.2. The fraction of sp³-hybridized carbons (Fsp3) is 0.464. The fourth-order valence-corrected chi connectivity index (χ4v) is 5.56. The number of hydrogen-bond donors (Lipinski definition) is 2. The Balaban J connectivity index is 1.07. The van der Waals surface area contributed by atoms with E-state index >= 15 is 0 Å². The number of hydrogen-bond acceptors (Lipinski definition) is 5. The summed E-state index contributed by atoms with van der Waals surface area (Å²) in [6.45, 7) is 5.76. The van der Waals surface area contributed by atoms with Crippen LogP contribution in [0.2, 0.25) is 0 Å². The van der Waals surface area contributed by atoms with Gasteiger partial charge in [0.2, 0.25) is 5.91 Å². The molecule has 2 heterocycles. The Bertz CT molecular complexity index is 1070. The lowest BCUT2D eigenvalue weighted by atomic mass is 9.82. The Morgan fingerprint density at radius 2 is 1.39 bits per heavy atom. The highest BCUT2D eigenvalue weighted by Gasteiger charge is 2.51. The van der Waals surface area contributed by atoms with Crippen molar-refractivity contribution in [1.82, 2.24) is 20.0 Å². The van der Waals surface area contributed by atoms with Crippen molar-refractivity contribution in [2.24, 2.45) is 0 Å². The number of piperazine rings is 1. The van der Waals surface area contributed by atoms with Gasteiger partial charge in [-0.15, -0.1) is 0 Å². The molecule has 2 N–H and O–H groups in total. The molecule has 0 aromatic heterocycles. The zero-order valence-corrected chi connectivity index (χ0v) is 20.7. The first-order chi connectivity index (χ1) is 17.5. The summed E-state index contributed by atoms with van der Waals surface area (Å²) in [5.74, 6) is -0.629. The quantitative estimate of drug-likeness (QED) is 0.584. The van der Waals surface area contributed by atoms with Crippen LogP contribution in [-0.2, 0) is 22.7 Å². The largest absolute Gasteiger partial charge is 0.325 e. The van der Waals surface area contributed by atoms with E-state index in [1.54, 1.807) is 0 Å². The van der Waals surface area contributed by atoms with Gasteiger partial charge in [0.15, 0.2) is 0 Å². The molecular weight excluding hydrogens is 454 g/mol. The topological polar surface area (TPSA) is 85.0 Å². The molecule has 0 bridgehead atoms. The van der Waals surface area contributed by atoms with Gasteiger partial charge >= 0.3 is 6.03 Å².